The van der Waals surface area contributed by atoms with Gasteiger partial charge in [-0.1, -0.05) is 12.1 Å². The normalized spacial score (nSPS) is 12.6. The fourth-order valence-electron chi connectivity index (χ4n) is 1.44. The van der Waals surface area contributed by atoms with E-state index in [1.807, 2.05) is 0 Å². The second-order valence-electron chi connectivity index (χ2n) is 3.86. The van der Waals surface area contributed by atoms with Gasteiger partial charge in [-0.05, 0) is 24.6 Å². The summed E-state index contributed by atoms with van der Waals surface area (Å²) < 4.78 is 37.0. The summed E-state index contributed by atoms with van der Waals surface area (Å²) in [6, 6.07) is 5.69. The molecule has 19 heavy (non-hydrogen) atoms. The van der Waals surface area contributed by atoms with Crippen molar-refractivity contribution in [2.45, 2.75) is 19.5 Å². The highest BCUT2D eigenvalue weighted by Gasteiger charge is 2.29. The number of ketones is 1. The highest BCUT2D eigenvalue weighted by molar-refractivity contribution is 5.97. The van der Waals surface area contributed by atoms with Crippen LogP contribution in [0.1, 0.15) is 18.1 Å². The molecule has 0 spiro atoms. The number of nitrogens with zero attached hydrogens (tertiary/aromatic N) is 1. The number of carbonyl (C=O) groups is 1. The van der Waals surface area contributed by atoms with Crippen molar-refractivity contribution >= 4 is 5.78 Å². The van der Waals surface area contributed by atoms with Crippen molar-refractivity contribution < 1.29 is 23.1 Å². The highest BCUT2D eigenvalue weighted by atomic mass is 19.4. The van der Waals surface area contributed by atoms with Gasteiger partial charge in [0.25, 0.3) is 0 Å². The van der Waals surface area contributed by atoms with Crippen LogP contribution >= 0.6 is 0 Å². The molecular weight excluding hydrogens is 259 g/mol. The van der Waals surface area contributed by atoms with Crippen LogP contribution in [0.25, 0.3) is 0 Å². The first kappa shape index (κ1) is 14.8. The summed E-state index contributed by atoms with van der Waals surface area (Å²) in [5, 5.41) is 18.2. The second-order valence-corrected chi connectivity index (χ2v) is 3.86. The van der Waals surface area contributed by atoms with Crippen LogP contribution in [0.15, 0.2) is 35.6 Å². The van der Waals surface area contributed by atoms with Gasteiger partial charge < -0.3 is 5.11 Å². The topological polar surface area (TPSA) is 61.1 Å². The number of halogens is 3. The van der Waals surface area contributed by atoms with E-state index in [0.29, 0.717) is 5.56 Å². The molecule has 1 aromatic carbocycles. The van der Waals surface area contributed by atoms with Crippen LogP contribution in [0.3, 0.4) is 0 Å². The first-order chi connectivity index (χ1) is 8.75. The first-order valence-electron chi connectivity index (χ1n) is 5.25. The predicted octanol–water partition coefficient (Wildman–Crippen LogP) is 3.17. The van der Waals surface area contributed by atoms with Gasteiger partial charge in [-0.2, -0.15) is 18.4 Å². The van der Waals surface area contributed by atoms with Gasteiger partial charge in [0.05, 0.1) is 5.56 Å². The molecule has 3 nitrogen and oxygen atoms in total. The Bertz CT molecular complexity index is 551. The number of allylic oxidation sites excluding steroid dienone is 2. The summed E-state index contributed by atoms with van der Waals surface area (Å²) in [5.41, 5.74) is -0.814. The number of rotatable bonds is 3. The Morgan fingerprint density at radius 2 is 1.84 bits per heavy atom. The molecule has 0 aliphatic heterocycles. The lowest BCUT2D eigenvalue weighted by Gasteiger charge is -2.07. The van der Waals surface area contributed by atoms with Crippen molar-refractivity contribution in [3.05, 3.63) is 46.7 Å². The van der Waals surface area contributed by atoms with Crippen molar-refractivity contribution in [1.29, 1.82) is 5.26 Å². The SMILES string of the molecule is CC(=O)C(C#N)=C(O)Cc1ccc(C(F)(F)F)cc1. The fourth-order valence-corrected chi connectivity index (χ4v) is 1.44. The number of alkyl halides is 3. The Morgan fingerprint density at radius 1 is 1.32 bits per heavy atom. The molecule has 0 aromatic heterocycles. The third kappa shape index (κ3) is 3.85. The molecule has 0 aliphatic carbocycles. The maximum absolute atomic E-state index is 12.3. The molecule has 1 N–H and O–H groups in total. The van der Waals surface area contributed by atoms with Crippen LogP contribution in [-0.4, -0.2) is 10.9 Å². The zero-order chi connectivity index (χ0) is 14.6. The molecule has 0 radical (unpaired) electrons. The van der Waals surface area contributed by atoms with Crippen LogP contribution < -0.4 is 0 Å². The highest BCUT2D eigenvalue weighted by Crippen LogP contribution is 2.29. The third-order valence-electron chi connectivity index (χ3n) is 2.41. The van der Waals surface area contributed by atoms with E-state index in [-0.39, 0.29) is 12.0 Å². The van der Waals surface area contributed by atoms with Gasteiger partial charge in [0.1, 0.15) is 17.4 Å². The van der Waals surface area contributed by atoms with Crippen LogP contribution in [0, 0.1) is 11.3 Å². The average molecular weight is 269 g/mol. The van der Waals surface area contributed by atoms with Crippen LogP contribution in [0.4, 0.5) is 13.2 Å². The number of aliphatic hydroxyl groups is 1. The summed E-state index contributed by atoms with van der Waals surface area (Å²) in [7, 11) is 0. The molecule has 6 heteroatoms. The van der Waals surface area contributed by atoms with Crippen molar-refractivity contribution in [3.63, 3.8) is 0 Å². The monoisotopic (exact) mass is 269 g/mol. The van der Waals surface area contributed by atoms with Crippen LogP contribution in [0.5, 0.6) is 0 Å². The molecule has 0 saturated heterocycles. The maximum Gasteiger partial charge on any atom is 0.416 e. The second kappa shape index (κ2) is 5.57. The van der Waals surface area contributed by atoms with E-state index >= 15 is 0 Å². The van der Waals surface area contributed by atoms with Crippen molar-refractivity contribution in [1.82, 2.24) is 0 Å². The van der Waals surface area contributed by atoms with Crippen molar-refractivity contribution in [2.24, 2.45) is 0 Å². The van der Waals surface area contributed by atoms with Crippen molar-refractivity contribution in [3.8, 4) is 6.07 Å². The number of nitriles is 1. The molecule has 0 bridgehead atoms. The van der Waals surface area contributed by atoms with Gasteiger partial charge >= 0.3 is 6.18 Å². The Morgan fingerprint density at radius 3 is 2.21 bits per heavy atom. The summed E-state index contributed by atoms with van der Waals surface area (Å²) in [4.78, 5) is 11.0. The number of hydrogen-bond donors (Lipinski definition) is 1. The Labute approximate surface area is 107 Å². The van der Waals surface area contributed by atoms with Gasteiger partial charge in [0, 0.05) is 6.42 Å². The summed E-state index contributed by atoms with van der Waals surface area (Å²) in [6.07, 6.45) is -4.59. The number of Topliss-reactive ketones (excluding diaryl/α,β-unsaturated/α-hetero) is 1. The summed E-state index contributed by atoms with van der Waals surface area (Å²) in [5.74, 6) is -1.04. The Hall–Kier alpha value is -2.29. The lowest BCUT2D eigenvalue weighted by atomic mass is 10.0. The van der Waals surface area contributed by atoms with E-state index in [2.05, 4.69) is 0 Å². The van der Waals surface area contributed by atoms with E-state index < -0.39 is 23.3 Å². The lowest BCUT2D eigenvalue weighted by molar-refractivity contribution is -0.137. The smallest absolute Gasteiger partial charge is 0.416 e. The van der Waals surface area contributed by atoms with Gasteiger partial charge in [-0.3, -0.25) is 4.79 Å². The predicted molar refractivity (Wildman–Crippen MR) is 61.1 cm³/mol. The molecule has 0 saturated carbocycles. The molecule has 0 amide bonds. The minimum absolute atomic E-state index is 0.166. The van der Waals surface area contributed by atoms with Gasteiger partial charge in [-0.25, -0.2) is 0 Å². The molecule has 0 aliphatic rings. The molecule has 1 aromatic rings. The van der Waals surface area contributed by atoms with Crippen molar-refractivity contribution in [2.75, 3.05) is 0 Å². The minimum atomic E-state index is -4.42. The van der Waals surface area contributed by atoms with Gasteiger partial charge in [0.2, 0.25) is 0 Å². The van der Waals surface area contributed by atoms with Gasteiger partial charge in [-0.15, -0.1) is 0 Å². The van der Waals surface area contributed by atoms with Crippen LogP contribution in [0.2, 0.25) is 0 Å². The third-order valence-corrected chi connectivity index (χ3v) is 2.41. The lowest BCUT2D eigenvalue weighted by Crippen LogP contribution is -2.05. The number of aliphatic hydroxyl groups excluding tert-OH is 1. The molecule has 0 fully saturated rings. The zero-order valence-electron chi connectivity index (χ0n) is 9.95. The quantitative estimate of drug-likeness (QED) is 0.521. The molecule has 1 rings (SSSR count). The molecular formula is C13H10F3NO2. The Kier molecular flexibility index (Phi) is 4.33. The summed E-state index contributed by atoms with van der Waals surface area (Å²) >= 11 is 0. The molecule has 100 valence electrons. The summed E-state index contributed by atoms with van der Waals surface area (Å²) in [6.45, 7) is 1.13. The Balaban J connectivity index is 2.97. The zero-order valence-corrected chi connectivity index (χ0v) is 9.95. The molecule has 0 heterocycles. The molecule has 0 atom stereocenters. The fraction of sp³-hybridized carbons (Fsp3) is 0.231. The minimum Gasteiger partial charge on any atom is -0.510 e. The van der Waals surface area contributed by atoms with Gasteiger partial charge in [0.15, 0.2) is 5.78 Å². The van der Waals surface area contributed by atoms with E-state index in [4.69, 9.17) is 5.26 Å². The van der Waals surface area contributed by atoms with E-state index in [0.717, 1.165) is 19.1 Å². The molecule has 0 unspecified atom stereocenters. The van der Waals surface area contributed by atoms with E-state index in [9.17, 15) is 23.1 Å². The average Bonchev–Trinajstić information content (AvgIpc) is 2.28. The van der Waals surface area contributed by atoms with E-state index in [1.165, 1.54) is 12.1 Å². The first-order valence-corrected chi connectivity index (χ1v) is 5.25. The number of carbonyl (C=O) groups excluding carboxylic acids is 1. The van der Waals surface area contributed by atoms with Crippen LogP contribution in [-0.2, 0) is 17.4 Å². The largest absolute Gasteiger partial charge is 0.510 e. The standard InChI is InChI=1S/C13H10F3NO2/c1-8(18)11(7-17)12(19)6-9-2-4-10(5-3-9)13(14,15)16/h2-5,19H,6H2,1H3. The number of benzene rings is 1. The van der Waals surface area contributed by atoms with E-state index in [1.54, 1.807) is 6.07 Å². The number of hydrogen-bond acceptors (Lipinski definition) is 3. The maximum atomic E-state index is 12.3.